The highest BCUT2D eigenvalue weighted by atomic mass is 15.3. The minimum atomic E-state index is 0.502. The van der Waals surface area contributed by atoms with Crippen LogP contribution in [0.4, 0.5) is 0 Å². The van der Waals surface area contributed by atoms with Crippen molar-refractivity contribution in [2.45, 2.75) is 77.0 Å². The van der Waals surface area contributed by atoms with Crippen LogP contribution in [0.15, 0.2) is 4.99 Å². The van der Waals surface area contributed by atoms with Crippen molar-refractivity contribution in [3.8, 4) is 0 Å². The first-order chi connectivity index (χ1) is 12.3. The summed E-state index contributed by atoms with van der Waals surface area (Å²) in [6, 6.07) is 1.33. The summed E-state index contributed by atoms with van der Waals surface area (Å²) in [5, 5.41) is 15.6. The lowest BCUT2D eigenvalue weighted by Crippen LogP contribution is -2.45. The van der Waals surface area contributed by atoms with Gasteiger partial charge < -0.3 is 15.2 Å². The van der Waals surface area contributed by atoms with Gasteiger partial charge in [-0.25, -0.2) is 4.99 Å². The molecule has 7 nitrogen and oxygen atoms in total. The molecular formula is C18H31N7. The third-order valence-electron chi connectivity index (χ3n) is 5.81. The number of aliphatic imine (C=N–C) groups is 1. The molecule has 0 radical (unpaired) electrons. The van der Waals surface area contributed by atoms with Gasteiger partial charge in [0.15, 0.2) is 11.8 Å². The van der Waals surface area contributed by atoms with Gasteiger partial charge in [-0.15, -0.1) is 10.2 Å². The standard InChI is InChI=1S/C18H31N7/c1-2-19-18(20-12-17-23-22-16-8-5-10-25(16)17)21-14-9-11-24(13-14)15-6-3-4-7-15/h14-15H,2-13H2,1H3,(H2,19,20,21). The van der Waals surface area contributed by atoms with E-state index in [0.29, 0.717) is 12.6 Å². The highest BCUT2D eigenvalue weighted by Crippen LogP contribution is 2.26. The Balaban J connectivity index is 1.34. The van der Waals surface area contributed by atoms with E-state index in [1.807, 2.05) is 0 Å². The van der Waals surface area contributed by atoms with Crippen molar-refractivity contribution < 1.29 is 0 Å². The molecule has 1 aliphatic carbocycles. The highest BCUT2D eigenvalue weighted by molar-refractivity contribution is 5.80. The average Bonchev–Trinajstić information content (AvgIpc) is 3.36. The van der Waals surface area contributed by atoms with Gasteiger partial charge in [0, 0.05) is 44.7 Å². The molecule has 25 heavy (non-hydrogen) atoms. The lowest BCUT2D eigenvalue weighted by molar-refractivity contribution is 0.242. The molecule has 1 aromatic rings. The van der Waals surface area contributed by atoms with E-state index in [9.17, 15) is 0 Å². The van der Waals surface area contributed by atoms with Gasteiger partial charge in [0.05, 0.1) is 0 Å². The summed E-state index contributed by atoms with van der Waals surface area (Å²) in [6.45, 7) is 7.00. The second-order valence-corrected chi connectivity index (χ2v) is 7.55. The van der Waals surface area contributed by atoms with Crippen molar-refractivity contribution in [3.05, 3.63) is 11.6 Å². The van der Waals surface area contributed by atoms with Crippen LogP contribution < -0.4 is 10.6 Å². The molecule has 1 saturated heterocycles. The Bertz CT molecular complexity index is 603. The monoisotopic (exact) mass is 345 g/mol. The maximum Gasteiger partial charge on any atom is 0.191 e. The molecule has 0 aromatic carbocycles. The maximum atomic E-state index is 4.77. The normalized spacial score (nSPS) is 24.8. The topological polar surface area (TPSA) is 70.4 Å². The molecule has 3 aliphatic rings. The van der Waals surface area contributed by atoms with Gasteiger partial charge in [-0.05, 0) is 32.6 Å². The van der Waals surface area contributed by atoms with Gasteiger partial charge in [-0.1, -0.05) is 12.8 Å². The minimum absolute atomic E-state index is 0.502. The Hall–Kier alpha value is -1.63. The number of rotatable bonds is 5. The Labute approximate surface area is 150 Å². The minimum Gasteiger partial charge on any atom is -0.357 e. The van der Waals surface area contributed by atoms with E-state index in [-0.39, 0.29) is 0 Å². The summed E-state index contributed by atoms with van der Waals surface area (Å²) in [5.74, 6) is 3.02. The Morgan fingerprint density at radius 2 is 2.04 bits per heavy atom. The van der Waals surface area contributed by atoms with Crippen LogP contribution in [-0.2, 0) is 19.5 Å². The molecule has 4 rings (SSSR count). The predicted molar refractivity (Wildman–Crippen MR) is 98.5 cm³/mol. The number of nitrogens with zero attached hydrogens (tertiary/aromatic N) is 5. The number of aryl methyl sites for hydroxylation is 1. The molecule has 7 heteroatoms. The van der Waals surface area contributed by atoms with Crippen LogP contribution in [0.5, 0.6) is 0 Å². The summed E-state index contributed by atoms with van der Waals surface area (Å²) < 4.78 is 2.23. The molecule has 2 aliphatic heterocycles. The van der Waals surface area contributed by atoms with Crippen molar-refractivity contribution in [3.63, 3.8) is 0 Å². The lowest BCUT2D eigenvalue weighted by Gasteiger charge is -2.24. The molecule has 3 heterocycles. The number of hydrogen-bond donors (Lipinski definition) is 2. The second-order valence-electron chi connectivity index (χ2n) is 7.55. The van der Waals surface area contributed by atoms with Crippen LogP contribution in [0.3, 0.4) is 0 Å². The lowest BCUT2D eigenvalue weighted by atomic mass is 10.2. The Morgan fingerprint density at radius 3 is 2.88 bits per heavy atom. The zero-order valence-corrected chi connectivity index (χ0v) is 15.4. The fourth-order valence-electron chi connectivity index (χ4n) is 4.50. The quantitative estimate of drug-likeness (QED) is 0.622. The Kier molecular flexibility index (Phi) is 5.20. The van der Waals surface area contributed by atoms with Gasteiger partial charge in [0.1, 0.15) is 12.4 Å². The smallest absolute Gasteiger partial charge is 0.191 e. The maximum absolute atomic E-state index is 4.77. The molecule has 138 valence electrons. The fraction of sp³-hybridized carbons (Fsp3) is 0.833. The first-order valence-electron chi connectivity index (χ1n) is 10.0. The predicted octanol–water partition coefficient (Wildman–Crippen LogP) is 1.30. The van der Waals surface area contributed by atoms with Gasteiger partial charge in [0.25, 0.3) is 0 Å². The van der Waals surface area contributed by atoms with E-state index in [1.165, 1.54) is 45.1 Å². The summed E-state index contributed by atoms with van der Waals surface area (Å²) >= 11 is 0. The molecule has 1 saturated carbocycles. The van der Waals surface area contributed by atoms with Crippen molar-refractivity contribution in [2.24, 2.45) is 4.99 Å². The van der Waals surface area contributed by atoms with E-state index >= 15 is 0 Å². The van der Waals surface area contributed by atoms with Gasteiger partial charge in [-0.3, -0.25) is 4.90 Å². The second kappa shape index (κ2) is 7.72. The number of likely N-dealkylation sites (tertiary alicyclic amines) is 1. The van der Waals surface area contributed by atoms with Gasteiger partial charge in [-0.2, -0.15) is 0 Å². The van der Waals surface area contributed by atoms with Crippen molar-refractivity contribution in [1.29, 1.82) is 0 Å². The molecule has 1 aromatic heterocycles. The number of aromatic nitrogens is 3. The third-order valence-corrected chi connectivity index (χ3v) is 5.81. The summed E-state index contributed by atoms with van der Waals surface area (Å²) in [7, 11) is 0. The number of nitrogens with one attached hydrogen (secondary N) is 2. The van der Waals surface area contributed by atoms with Crippen molar-refractivity contribution in [1.82, 2.24) is 30.3 Å². The van der Waals surface area contributed by atoms with Crippen LogP contribution in [0.2, 0.25) is 0 Å². The number of hydrogen-bond acceptors (Lipinski definition) is 4. The number of fused-ring (bicyclic) bond motifs is 1. The zero-order valence-electron chi connectivity index (χ0n) is 15.4. The molecule has 0 bridgehead atoms. The molecule has 2 N–H and O–H groups in total. The summed E-state index contributed by atoms with van der Waals surface area (Å²) in [6.07, 6.45) is 9.03. The Morgan fingerprint density at radius 1 is 1.16 bits per heavy atom. The summed E-state index contributed by atoms with van der Waals surface area (Å²) in [5.41, 5.74) is 0. The molecule has 0 amide bonds. The van der Waals surface area contributed by atoms with Crippen LogP contribution in [0, 0.1) is 0 Å². The van der Waals surface area contributed by atoms with Gasteiger partial charge >= 0.3 is 0 Å². The largest absolute Gasteiger partial charge is 0.357 e. The van der Waals surface area contributed by atoms with Crippen molar-refractivity contribution in [2.75, 3.05) is 19.6 Å². The molecule has 2 fully saturated rings. The highest BCUT2D eigenvalue weighted by Gasteiger charge is 2.30. The van der Waals surface area contributed by atoms with E-state index in [0.717, 1.165) is 49.7 Å². The third kappa shape index (κ3) is 3.81. The molecular weight excluding hydrogens is 314 g/mol. The average molecular weight is 345 g/mol. The van der Waals surface area contributed by atoms with Crippen LogP contribution in [0.25, 0.3) is 0 Å². The van der Waals surface area contributed by atoms with Crippen LogP contribution in [-0.4, -0.2) is 57.3 Å². The first-order valence-corrected chi connectivity index (χ1v) is 10.0. The van der Waals surface area contributed by atoms with Crippen LogP contribution in [0.1, 0.15) is 57.1 Å². The molecule has 1 unspecified atom stereocenters. The van der Waals surface area contributed by atoms with E-state index in [4.69, 9.17) is 4.99 Å². The van der Waals surface area contributed by atoms with E-state index < -0.39 is 0 Å². The number of guanidine groups is 1. The van der Waals surface area contributed by atoms with Crippen LogP contribution >= 0.6 is 0 Å². The molecule has 0 spiro atoms. The van der Waals surface area contributed by atoms with E-state index in [1.54, 1.807) is 0 Å². The SMILES string of the molecule is CCNC(=NCc1nnc2n1CCC2)NC1CCN(C2CCCC2)C1. The van der Waals surface area contributed by atoms with Gasteiger partial charge in [0.2, 0.25) is 0 Å². The fourth-order valence-corrected chi connectivity index (χ4v) is 4.50. The van der Waals surface area contributed by atoms with E-state index in [2.05, 4.69) is 37.2 Å². The summed E-state index contributed by atoms with van der Waals surface area (Å²) in [4.78, 5) is 7.45. The zero-order chi connectivity index (χ0) is 17.1. The first kappa shape index (κ1) is 16.8. The molecule has 1 atom stereocenters. The van der Waals surface area contributed by atoms with Crippen molar-refractivity contribution >= 4 is 5.96 Å².